The first-order chi connectivity index (χ1) is 10.1. The Kier molecular flexibility index (Phi) is 4.62. The van der Waals surface area contributed by atoms with E-state index in [1.54, 1.807) is 0 Å². The van der Waals surface area contributed by atoms with Crippen LogP contribution in [0.4, 0.5) is 0 Å². The summed E-state index contributed by atoms with van der Waals surface area (Å²) in [5.41, 5.74) is -1.35. The first-order valence-corrected chi connectivity index (χ1v) is 8.92. The van der Waals surface area contributed by atoms with Crippen LogP contribution in [0.1, 0.15) is 33.1 Å². The molecule has 0 spiro atoms. The van der Waals surface area contributed by atoms with Crippen molar-refractivity contribution in [3.05, 3.63) is 27.0 Å². The van der Waals surface area contributed by atoms with Crippen molar-refractivity contribution < 1.29 is 8.42 Å². The number of nitrogens with one attached hydrogen (secondary N) is 1. The summed E-state index contributed by atoms with van der Waals surface area (Å²) in [6, 6.07) is -0.185. The lowest BCUT2D eigenvalue weighted by Crippen LogP contribution is -2.47. The van der Waals surface area contributed by atoms with Crippen LogP contribution < -0.4 is 16.0 Å². The molecule has 0 bridgehead atoms. The van der Waals surface area contributed by atoms with Gasteiger partial charge in [0.25, 0.3) is 5.56 Å². The zero-order valence-electron chi connectivity index (χ0n) is 13.4. The third kappa shape index (κ3) is 3.03. The minimum atomic E-state index is -3.95. The fourth-order valence-electron chi connectivity index (χ4n) is 2.97. The van der Waals surface area contributed by atoms with E-state index in [1.807, 2.05) is 6.92 Å². The van der Waals surface area contributed by atoms with Gasteiger partial charge in [-0.1, -0.05) is 26.7 Å². The molecule has 0 radical (unpaired) electrons. The summed E-state index contributed by atoms with van der Waals surface area (Å²) in [6.45, 7) is 4.13. The highest BCUT2D eigenvalue weighted by molar-refractivity contribution is 7.89. The van der Waals surface area contributed by atoms with Crippen molar-refractivity contribution >= 4 is 10.0 Å². The van der Waals surface area contributed by atoms with E-state index in [9.17, 15) is 18.0 Å². The maximum atomic E-state index is 12.5. The first-order valence-electron chi connectivity index (χ1n) is 7.44. The van der Waals surface area contributed by atoms with E-state index < -0.39 is 21.3 Å². The highest BCUT2D eigenvalue weighted by Gasteiger charge is 2.32. The fraction of sp³-hybridized carbons (Fsp3) is 0.714. The lowest BCUT2D eigenvalue weighted by Gasteiger charge is -2.34. The highest BCUT2D eigenvalue weighted by Crippen LogP contribution is 2.30. The molecule has 0 aromatic carbocycles. The van der Waals surface area contributed by atoms with Gasteiger partial charge in [-0.25, -0.2) is 17.9 Å². The van der Waals surface area contributed by atoms with Crippen molar-refractivity contribution in [3.63, 3.8) is 0 Å². The number of hydrogen-bond acceptors (Lipinski definition) is 4. The van der Waals surface area contributed by atoms with E-state index in [0.717, 1.165) is 34.6 Å². The molecule has 1 aromatic heterocycles. The molecule has 0 amide bonds. The summed E-state index contributed by atoms with van der Waals surface area (Å²) >= 11 is 0. The summed E-state index contributed by atoms with van der Waals surface area (Å²) in [5.74, 6) is 0.643. The van der Waals surface area contributed by atoms with Crippen LogP contribution in [0.25, 0.3) is 0 Å². The number of sulfonamides is 1. The maximum absolute atomic E-state index is 12.5. The van der Waals surface area contributed by atoms with Crippen LogP contribution in [0, 0.1) is 11.8 Å². The van der Waals surface area contributed by atoms with E-state index in [0.29, 0.717) is 5.92 Å². The molecule has 3 atom stereocenters. The van der Waals surface area contributed by atoms with Gasteiger partial charge in [-0.05, 0) is 18.3 Å². The van der Waals surface area contributed by atoms with E-state index in [1.165, 1.54) is 14.1 Å². The van der Waals surface area contributed by atoms with Crippen molar-refractivity contribution in [2.24, 2.45) is 25.9 Å². The largest absolute Gasteiger partial charge is 0.330 e. The van der Waals surface area contributed by atoms with Gasteiger partial charge >= 0.3 is 5.69 Å². The summed E-state index contributed by atoms with van der Waals surface area (Å²) < 4.78 is 29.7. The number of hydrogen-bond donors (Lipinski definition) is 1. The molecule has 1 saturated carbocycles. The average Bonchev–Trinajstić information content (AvgIpc) is 2.45. The van der Waals surface area contributed by atoms with Gasteiger partial charge in [-0.3, -0.25) is 9.36 Å². The average molecular weight is 329 g/mol. The Morgan fingerprint density at radius 2 is 1.82 bits per heavy atom. The molecular formula is C14H23N3O4S. The van der Waals surface area contributed by atoms with Crippen molar-refractivity contribution in [2.75, 3.05) is 0 Å². The van der Waals surface area contributed by atoms with Crippen LogP contribution >= 0.6 is 0 Å². The summed E-state index contributed by atoms with van der Waals surface area (Å²) in [6.07, 6.45) is 3.89. The van der Waals surface area contributed by atoms with E-state index in [-0.39, 0.29) is 16.9 Å². The first kappa shape index (κ1) is 17.0. The van der Waals surface area contributed by atoms with Crippen LogP contribution in [0.2, 0.25) is 0 Å². The van der Waals surface area contributed by atoms with Gasteiger partial charge in [0.05, 0.1) is 0 Å². The van der Waals surface area contributed by atoms with Crippen LogP contribution in [0.5, 0.6) is 0 Å². The normalized spacial score (nSPS) is 26.1. The minimum absolute atomic E-state index is 0.185. The Hall–Kier alpha value is -1.41. The Morgan fingerprint density at radius 3 is 2.45 bits per heavy atom. The molecule has 0 unspecified atom stereocenters. The van der Waals surface area contributed by atoms with Crippen LogP contribution in [0.15, 0.2) is 20.7 Å². The molecular weight excluding hydrogens is 306 g/mol. The highest BCUT2D eigenvalue weighted by atomic mass is 32.2. The van der Waals surface area contributed by atoms with Gasteiger partial charge < -0.3 is 4.57 Å². The number of aromatic nitrogens is 2. The molecule has 22 heavy (non-hydrogen) atoms. The van der Waals surface area contributed by atoms with Gasteiger partial charge in [0.2, 0.25) is 10.0 Å². The monoisotopic (exact) mass is 329 g/mol. The van der Waals surface area contributed by atoms with Crippen LogP contribution in [-0.4, -0.2) is 23.6 Å². The van der Waals surface area contributed by atoms with Crippen molar-refractivity contribution in [1.82, 2.24) is 13.9 Å². The van der Waals surface area contributed by atoms with Gasteiger partial charge in [0.1, 0.15) is 0 Å². The molecule has 1 aromatic rings. The smallest absolute Gasteiger partial charge is 0.302 e. The maximum Gasteiger partial charge on any atom is 0.330 e. The van der Waals surface area contributed by atoms with Gasteiger partial charge in [0, 0.05) is 26.3 Å². The summed E-state index contributed by atoms with van der Waals surface area (Å²) in [5, 5.41) is 0. The summed E-state index contributed by atoms with van der Waals surface area (Å²) in [7, 11) is -1.26. The van der Waals surface area contributed by atoms with Crippen LogP contribution in [0.3, 0.4) is 0 Å². The third-order valence-electron chi connectivity index (χ3n) is 4.72. The van der Waals surface area contributed by atoms with E-state index >= 15 is 0 Å². The zero-order valence-corrected chi connectivity index (χ0v) is 14.2. The van der Waals surface area contributed by atoms with Gasteiger partial charge in [-0.2, -0.15) is 0 Å². The van der Waals surface area contributed by atoms with Crippen molar-refractivity contribution in [1.29, 1.82) is 0 Å². The van der Waals surface area contributed by atoms with Gasteiger partial charge in [-0.15, -0.1) is 0 Å². The number of rotatable bonds is 3. The lowest BCUT2D eigenvalue weighted by atomic mass is 9.78. The molecule has 7 nitrogen and oxygen atoms in total. The minimum Gasteiger partial charge on any atom is -0.302 e. The molecule has 0 aliphatic heterocycles. The Balaban J connectivity index is 2.40. The molecule has 8 heteroatoms. The molecule has 1 heterocycles. The van der Waals surface area contributed by atoms with E-state index in [4.69, 9.17) is 0 Å². The second-order valence-electron chi connectivity index (χ2n) is 6.25. The molecule has 1 N–H and O–H groups in total. The molecule has 0 saturated heterocycles. The van der Waals surface area contributed by atoms with Crippen LogP contribution in [-0.2, 0) is 24.1 Å². The lowest BCUT2D eigenvalue weighted by molar-refractivity contribution is 0.227. The predicted octanol–water partition coefficient (Wildman–Crippen LogP) is 0.187. The topological polar surface area (TPSA) is 90.2 Å². The van der Waals surface area contributed by atoms with Gasteiger partial charge in [0.15, 0.2) is 4.90 Å². The quantitative estimate of drug-likeness (QED) is 0.857. The number of aryl methyl sites for hydroxylation is 1. The second kappa shape index (κ2) is 6.00. The predicted molar refractivity (Wildman–Crippen MR) is 83.2 cm³/mol. The van der Waals surface area contributed by atoms with Crippen molar-refractivity contribution in [3.8, 4) is 0 Å². The molecule has 2 rings (SSSR count). The fourth-order valence-corrected chi connectivity index (χ4v) is 4.49. The molecule has 1 aliphatic carbocycles. The molecule has 1 aliphatic rings. The standard InChI is InChI=1S/C14H23N3O4S/c1-9-6-5-7-11(10(9)2)15-22(20,21)12-8-16(3)14(19)17(4)13(12)18/h8-11,15H,5-7H2,1-4H3/t9-,10+,11-/m1/s1. The third-order valence-corrected chi connectivity index (χ3v) is 6.19. The zero-order chi connectivity index (χ0) is 16.7. The SMILES string of the molecule is C[C@H]1[C@H](C)CCC[C@H]1NS(=O)(=O)c1cn(C)c(=O)n(C)c1=O. The second-order valence-corrected chi connectivity index (χ2v) is 7.93. The number of nitrogens with zero attached hydrogens (tertiary/aromatic N) is 2. The van der Waals surface area contributed by atoms with E-state index in [2.05, 4.69) is 11.6 Å². The Morgan fingerprint density at radius 1 is 1.18 bits per heavy atom. The Bertz CT molecular complexity index is 778. The molecule has 124 valence electrons. The summed E-state index contributed by atoms with van der Waals surface area (Å²) in [4.78, 5) is 23.4. The Labute approximate surface area is 130 Å². The molecule has 1 fully saturated rings. The van der Waals surface area contributed by atoms with Crippen molar-refractivity contribution in [2.45, 2.75) is 44.0 Å².